The maximum Gasteiger partial charge on any atom is 0.264 e. The summed E-state index contributed by atoms with van der Waals surface area (Å²) in [5.74, 6) is 0. The molecule has 3 heterocycles. The zero-order valence-electron chi connectivity index (χ0n) is 40.7. The van der Waals surface area contributed by atoms with Crippen molar-refractivity contribution in [2.45, 2.75) is 162 Å². The number of rotatable bonds is 2. The van der Waals surface area contributed by atoms with Crippen LogP contribution in [0.2, 0.25) is 0 Å². The second kappa shape index (κ2) is 13.4. The van der Waals surface area contributed by atoms with Gasteiger partial charge in [0.15, 0.2) is 0 Å². The van der Waals surface area contributed by atoms with Gasteiger partial charge in [0.2, 0.25) is 0 Å². The summed E-state index contributed by atoms with van der Waals surface area (Å²) in [6.45, 7) is 35.7. The van der Waals surface area contributed by atoms with Gasteiger partial charge in [-0.2, -0.15) is 5.26 Å². The van der Waals surface area contributed by atoms with Crippen molar-refractivity contribution in [1.82, 2.24) is 0 Å². The minimum absolute atomic E-state index is 0.0102. The molecule has 4 aliphatic rings. The smallest absolute Gasteiger partial charge is 0.264 e. The van der Waals surface area contributed by atoms with Gasteiger partial charge in [0, 0.05) is 43.3 Å². The van der Waals surface area contributed by atoms with E-state index in [1.165, 1.54) is 93.9 Å². The Labute approximate surface area is 382 Å². The molecule has 10 rings (SSSR count). The van der Waals surface area contributed by atoms with Gasteiger partial charge in [-0.05, 0) is 163 Å². The molecule has 0 atom stereocenters. The number of hydrogen-bond donors (Lipinski definition) is 0. The Morgan fingerprint density at radius 1 is 0.571 bits per heavy atom. The van der Waals surface area contributed by atoms with Crippen LogP contribution in [-0.2, 0) is 32.5 Å². The fourth-order valence-electron chi connectivity index (χ4n) is 11.7. The molecule has 6 aromatic rings. The maximum atomic E-state index is 11.1. The lowest BCUT2D eigenvalue weighted by Crippen LogP contribution is -2.61. The van der Waals surface area contributed by atoms with Crippen LogP contribution in [0.3, 0.4) is 0 Å². The highest BCUT2D eigenvalue weighted by atomic mass is 32.1. The quantitative estimate of drug-likeness (QED) is 0.162. The lowest BCUT2D eigenvalue weighted by Gasteiger charge is -2.47. The molecule has 0 saturated heterocycles. The summed E-state index contributed by atoms with van der Waals surface area (Å²) in [5.41, 5.74) is 20.4. The summed E-state index contributed by atoms with van der Waals surface area (Å²) >= 11 is 1.97. The van der Waals surface area contributed by atoms with Crippen LogP contribution >= 0.6 is 11.3 Å². The molecule has 0 unspecified atom stereocenters. The second-order valence-electron chi connectivity index (χ2n) is 24.4. The van der Waals surface area contributed by atoms with Crippen LogP contribution < -0.4 is 25.5 Å². The maximum absolute atomic E-state index is 11.1. The minimum atomic E-state index is -0.0140. The minimum Gasteiger partial charge on any atom is -0.311 e. The number of fused-ring (bicyclic) bond motifs is 8. The van der Waals surface area contributed by atoms with E-state index >= 15 is 0 Å². The number of hydrogen-bond acceptors (Lipinski definition) is 4. The van der Waals surface area contributed by atoms with E-state index in [9.17, 15) is 5.26 Å². The summed E-state index contributed by atoms with van der Waals surface area (Å²) < 4.78 is 2.69. The van der Waals surface area contributed by atoms with Gasteiger partial charge in [0.05, 0.1) is 17.3 Å². The average molecular weight is 848 g/mol. The summed E-state index contributed by atoms with van der Waals surface area (Å²) in [5, 5.41) is 12.4. The van der Waals surface area contributed by atoms with E-state index in [-0.39, 0.29) is 39.2 Å². The third kappa shape index (κ3) is 6.31. The van der Waals surface area contributed by atoms with Gasteiger partial charge in [-0.15, -0.1) is 11.3 Å². The number of thiophene rings is 1. The lowest BCUT2D eigenvalue weighted by atomic mass is 9.35. The van der Waals surface area contributed by atoms with E-state index in [0.717, 1.165) is 30.6 Å². The van der Waals surface area contributed by atoms with Gasteiger partial charge in [-0.1, -0.05) is 127 Å². The van der Waals surface area contributed by atoms with E-state index in [2.05, 4.69) is 199 Å². The van der Waals surface area contributed by atoms with Crippen LogP contribution in [0.15, 0.2) is 78.9 Å². The van der Waals surface area contributed by atoms with E-state index in [1.807, 2.05) is 11.3 Å². The highest BCUT2D eigenvalue weighted by molar-refractivity contribution is 7.33. The SMILES string of the molecule is Cc1cc(C(C)(C)C)ccc1N1c2cc(C#N)cc3c2B(c2cc4c(cc2N3c2ccc3c(c2)C(C)(C)CCC3(C)C)C(C)(C)CCC4(C)C)c2sc3ccc(C(C)(C)C)cc3c21. The number of anilines is 6. The molecular weight excluding hydrogens is 782 g/mol. The van der Waals surface area contributed by atoms with Crippen molar-refractivity contribution >= 4 is 78.0 Å². The largest absolute Gasteiger partial charge is 0.311 e. The molecule has 0 fully saturated rings. The highest BCUT2D eigenvalue weighted by Gasteiger charge is 2.49. The molecule has 1 aromatic heterocycles. The van der Waals surface area contributed by atoms with E-state index in [1.54, 1.807) is 0 Å². The topological polar surface area (TPSA) is 30.3 Å². The number of nitrogens with zero attached hydrogens (tertiary/aromatic N) is 3. The average Bonchev–Trinajstić information content (AvgIpc) is 3.59. The zero-order valence-corrected chi connectivity index (χ0v) is 41.5. The van der Waals surface area contributed by atoms with Crippen LogP contribution in [0.1, 0.15) is 167 Å². The molecule has 0 saturated carbocycles. The Balaban J connectivity index is 1.36. The van der Waals surface area contributed by atoms with Crippen molar-refractivity contribution in [1.29, 1.82) is 5.26 Å². The van der Waals surface area contributed by atoms with Crippen LogP contribution in [0.25, 0.3) is 10.1 Å². The third-order valence-electron chi connectivity index (χ3n) is 16.0. The standard InChI is InChI=1S/C58H66BN3S/c1-34-26-36(53(2,3)4)16-20-45(34)62-48-28-35(33-60)27-47-50(48)59(52-51(62)39-29-37(54(5,6)7)17-21-49(39)63-52)44-31-42-43(58(14,15)25-24-57(42,12)13)32-46(44)61(47)38-18-19-40-41(30-38)56(10,11)23-22-55(40,8)9/h16-21,26-32H,22-25H2,1-15H3. The summed E-state index contributed by atoms with van der Waals surface area (Å²) in [7, 11) is 0. The zero-order chi connectivity index (χ0) is 45.1. The van der Waals surface area contributed by atoms with Crippen molar-refractivity contribution in [3.8, 4) is 6.07 Å². The predicted octanol–water partition coefficient (Wildman–Crippen LogP) is 14.5. The van der Waals surface area contributed by atoms with Gasteiger partial charge in [-0.3, -0.25) is 0 Å². The Kier molecular flexibility index (Phi) is 8.96. The Morgan fingerprint density at radius 3 is 1.70 bits per heavy atom. The highest BCUT2D eigenvalue weighted by Crippen LogP contribution is 2.54. The summed E-state index contributed by atoms with van der Waals surface area (Å²) in [6, 6.07) is 34.0. The molecule has 0 N–H and O–H groups in total. The fraction of sp³-hybridized carbons (Fsp3) is 0.431. The van der Waals surface area contributed by atoms with Crippen molar-refractivity contribution in [3.05, 3.63) is 123 Å². The molecule has 0 spiro atoms. The van der Waals surface area contributed by atoms with Crippen molar-refractivity contribution in [3.63, 3.8) is 0 Å². The predicted molar refractivity (Wildman–Crippen MR) is 273 cm³/mol. The molecule has 5 heteroatoms. The number of benzene rings is 5. The molecule has 2 aliphatic heterocycles. The van der Waals surface area contributed by atoms with Crippen LogP contribution in [-0.4, -0.2) is 6.71 Å². The third-order valence-corrected chi connectivity index (χ3v) is 17.3. The molecule has 0 amide bonds. The molecule has 5 aromatic carbocycles. The summed E-state index contributed by atoms with van der Waals surface area (Å²) in [4.78, 5) is 5.14. The van der Waals surface area contributed by atoms with Crippen molar-refractivity contribution < 1.29 is 0 Å². The molecule has 0 radical (unpaired) electrons. The number of aryl methyl sites for hydroxylation is 1. The Hall–Kier alpha value is -4.79. The van der Waals surface area contributed by atoms with E-state index < -0.39 is 0 Å². The van der Waals surface area contributed by atoms with Gasteiger partial charge in [0.1, 0.15) is 0 Å². The first-order chi connectivity index (χ1) is 29.3. The monoisotopic (exact) mass is 848 g/mol. The number of nitriles is 1. The van der Waals surface area contributed by atoms with Crippen molar-refractivity contribution in [2.75, 3.05) is 9.80 Å². The van der Waals surface area contributed by atoms with Crippen LogP contribution in [0.5, 0.6) is 0 Å². The molecule has 2 aliphatic carbocycles. The van der Waals surface area contributed by atoms with E-state index in [4.69, 9.17) is 0 Å². The first-order valence-electron chi connectivity index (χ1n) is 23.5. The molecular formula is C58H66BN3S. The molecule has 63 heavy (non-hydrogen) atoms. The molecule has 0 bridgehead atoms. The van der Waals surface area contributed by atoms with Gasteiger partial charge in [0.25, 0.3) is 6.71 Å². The van der Waals surface area contributed by atoms with Gasteiger partial charge < -0.3 is 9.80 Å². The van der Waals surface area contributed by atoms with Crippen LogP contribution in [0, 0.1) is 18.3 Å². The first kappa shape index (κ1) is 42.2. The first-order valence-corrected chi connectivity index (χ1v) is 24.3. The second-order valence-corrected chi connectivity index (χ2v) is 25.5. The molecule has 3 nitrogen and oxygen atoms in total. The summed E-state index contributed by atoms with van der Waals surface area (Å²) in [6.07, 6.45) is 4.63. The molecule has 322 valence electrons. The van der Waals surface area contributed by atoms with E-state index in [0.29, 0.717) is 5.56 Å². The Bertz CT molecular complexity index is 2970. The van der Waals surface area contributed by atoms with Gasteiger partial charge >= 0.3 is 0 Å². The van der Waals surface area contributed by atoms with Crippen LogP contribution in [0.4, 0.5) is 34.1 Å². The Morgan fingerprint density at radius 2 is 1.11 bits per heavy atom. The lowest BCUT2D eigenvalue weighted by molar-refractivity contribution is 0.332. The van der Waals surface area contributed by atoms with Gasteiger partial charge in [-0.25, -0.2) is 0 Å². The normalized spacial score (nSPS) is 18.9. The fourth-order valence-corrected chi connectivity index (χ4v) is 13.0. The van der Waals surface area contributed by atoms with Crippen molar-refractivity contribution in [2.24, 2.45) is 0 Å².